The highest BCUT2D eigenvalue weighted by Gasteiger charge is 2.35. The number of hydrogen-bond acceptors (Lipinski definition) is 3. The third-order valence-electron chi connectivity index (χ3n) is 4.45. The van der Waals surface area contributed by atoms with Crippen LogP contribution in [-0.4, -0.2) is 35.1 Å². The standard InChI is InChI=1S/C15H23N3/c1-12(13-6-2-4-9-16-13)17-14-8-11-18-10-5-3-7-15(14)18/h2,4,6,9,12,14-15,17H,3,5,7-8,10-11H2,1H3. The van der Waals surface area contributed by atoms with Crippen LogP contribution in [0.5, 0.6) is 0 Å². The van der Waals surface area contributed by atoms with Gasteiger partial charge in [-0.05, 0) is 44.9 Å². The normalized spacial score (nSPS) is 30.1. The summed E-state index contributed by atoms with van der Waals surface area (Å²) >= 11 is 0. The number of aromatic nitrogens is 1. The maximum absolute atomic E-state index is 4.45. The van der Waals surface area contributed by atoms with Crippen molar-refractivity contribution >= 4 is 0 Å². The number of pyridine rings is 1. The molecule has 2 saturated heterocycles. The Hall–Kier alpha value is -0.930. The van der Waals surface area contributed by atoms with Crippen molar-refractivity contribution in [2.45, 2.75) is 50.7 Å². The topological polar surface area (TPSA) is 28.2 Å². The summed E-state index contributed by atoms with van der Waals surface area (Å²) in [6, 6.07) is 7.95. The van der Waals surface area contributed by atoms with E-state index in [9.17, 15) is 0 Å². The van der Waals surface area contributed by atoms with Crippen LogP contribution in [0.3, 0.4) is 0 Å². The second kappa shape index (κ2) is 5.37. The van der Waals surface area contributed by atoms with E-state index < -0.39 is 0 Å². The molecule has 2 aliphatic heterocycles. The maximum Gasteiger partial charge on any atom is 0.0570 e. The van der Waals surface area contributed by atoms with Gasteiger partial charge < -0.3 is 5.32 Å². The first-order chi connectivity index (χ1) is 8.84. The Kier molecular flexibility index (Phi) is 3.62. The van der Waals surface area contributed by atoms with Crippen molar-refractivity contribution in [2.75, 3.05) is 13.1 Å². The van der Waals surface area contributed by atoms with Gasteiger partial charge >= 0.3 is 0 Å². The van der Waals surface area contributed by atoms with Gasteiger partial charge in [-0.15, -0.1) is 0 Å². The Labute approximate surface area is 110 Å². The summed E-state index contributed by atoms with van der Waals surface area (Å²) < 4.78 is 0. The molecule has 0 bridgehead atoms. The summed E-state index contributed by atoms with van der Waals surface area (Å²) in [5, 5.41) is 3.79. The quantitative estimate of drug-likeness (QED) is 0.886. The zero-order valence-corrected chi connectivity index (χ0v) is 11.2. The van der Waals surface area contributed by atoms with E-state index in [2.05, 4.69) is 34.3 Å². The molecule has 2 fully saturated rings. The van der Waals surface area contributed by atoms with Gasteiger partial charge in [0.1, 0.15) is 0 Å². The van der Waals surface area contributed by atoms with Crippen LogP contribution in [0.2, 0.25) is 0 Å². The summed E-state index contributed by atoms with van der Waals surface area (Å²) in [5.74, 6) is 0. The minimum absolute atomic E-state index is 0.359. The van der Waals surface area contributed by atoms with Crippen LogP contribution in [0.15, 0.2) is 24.4 Å². The van der Waals surface area contributed by atoms with Crippen LogP contribution in [0.25, 0.3) is 0 Å². The molecule has 0 amide bonds. The number of fused-ring (bicyclic) bond motifs is 1. The summed E-state index contributed by atoms with van der Waals surface area (Å²) in [4.78, 5) is 7.12. The van der Waals surface area contributed by atoms with Crippen LogP contribution in [0, 0.1) is 0 Å². The predicted molar refractivity (Wildman–Crippen MR) is 73.4 cm³/mol. The Balaban J connectivity index is 1.63. The van der Waals surface area contributed by atoms with Crippen molar-refractivity contribution in [1.29, 1.82) is 0 Å². The first-order valence-corrected chi connectivity index (χ1v) is 7.25. The minimum atomic E-state index is 0.359. The Morgan fingerprint density at radius 1 is 1.28 bits per heavy atom. The van der Waals surface area contributed by atoms with Crippen LogP contribution in [0.1, 0.15) is 44.3 Å². The highest BCUT2D eigenvalue weighted by Crippen LogP contribution is 2.28. The van der Waals surface area contributed by atoms with Gasteiger partial charge in [0.2, 0.25) is 0 Å². The lowest BCUT2D eigenvalue weighted by Crippen LogP contribution is -2.45. The fourth-order valence-corrected chi connectivity index (χ4v) is 3.48. The maximum atomic E-state index is 4.45. The molecule has 0 spiro atoms. The van der Waals surface area contributed by atoms with Gasteiger partial charge in [-0.3, -0.25) is 9.88 Å². The number of nitrogens with zero attached hydrogens (tertiary/aromatic N) is 2. The van der Waals surface area contributed by atoms with Gasteiger partial charge in [-0.25, -0.2) is 0 Å². The van der Waals surface area contributed by atoms with Crippen molar-refractivity contribution < 1.29 is 0 Å². The van der Waals surface area contributed by atoms with Gasteiger partial charge in [-0.1, -0.05) is 12.5 Å². The molecule has 3 rings (SSSR count). The smallest absolute Gasteiger partial charge is 0.0570 e. The van der Waals surface area contributed by atoms with Crippen LogP contribution in [-0.2, 0) is 0 Å². The molecule has 18 heavy (non-hydrogen) atoms. The first kappa shape index (κ1) is 12.1. The van der Waals surface area contributed by atoms with Crippen molar-refractivity contribution in [2.24, 2.45) is 0 Å². The highest BCUT2D eigenvalue weighted by atomic mass is 15.2. The molecule has 3 heteroatoms. The largest absolute Gasteiger partial charge is 0.304 e. The lowest BCUT2D eigenvalue weighted by atomic mass is 9.98. The number of hydrogen-bond donors (Lipinski definition) is 1. The molecule has 0 saturated carbocycles. The monoisotopic (exact) mass is 245 g/mol. The molecule has 0 aliphatic carbocycles. The molecular weight excluding hydrogens is 222 g/mol. The van der Waals surface area contributed by atoms with Crippen molar-refractivity contribution in [3.8, 4) is 0 Å². The lowest BCUT2D eigenvalue weighted by molar-refractivity contribution is 0.177. The van der Waals surface area contributed by atoms with E-state index in [0.29, 0.717) is 12.1 Å². The molecule has 0 radical (unpaired) electrons. The molecule has 3 nitrogen and oxygen atoms in total. The number of nitrogens with one attached hydrogen (secondary N) is 1. The van der Waals surface area contributed by atoms with E-state index >= 15 is 0 Å². The summed E-state index contributed by atoms with van der Waals surface area (Å²) in [5.41, 5.74) is 1.16. The van der Waals surface area contributed by atoms with Crippen LogP contribution >= 0.6 is 0 Å². The van der Waals surface area contributed by atoms with Crippen molar-refractivity contribution in [3.05, 3.63) is 30.1 Å². The molecule has 1 aromatic rings. The Morgan fingerprint density at radius 2 is 2.22 bits per heavy atom. The van der Waals surface area contributed by atoms with Crippen LogP contribution < -0.4 is 5.32 Å². The average Bonchev–Trinajstić information content (AvgIpc) is 2.83. The van der Waals surface area contributed by atoms with Gasteiger partial charge in [0.25, 0.3) is 0 Å². The number of piperidine rings is 1. The Bertz CT molecular complexity index is 379. The summed E-state index contributed by atoms with van der Waals surface area (Å²) in [6.07, 6.45) is 7.33. The summed E-state index contributed by atoms with van der Waals surface area (Å²) in [7, 11) is 0. The fraction of sp³-hybridized carbons (Fsp3) is 0.667. The Morgan fingerprint density at radius 3 is 3.06 bits per heavy atom. The molecular formula is C15H23N3. The minimum Gasteiger partial charge on any atom is -0.304 e. The zero-order chi connectivity index (χ0) is 12.4. The molecule has 0 aromatic carbocycles. The lowest BCUT2D eigenvalue weighted by Gasteiger charge is -2.33. The fourth-order valence-electron chi connectivity index (χ4n) is 3.48. The van der Waals surface area contributed by atoms with Gasteiger partial charge in [0.05, 0.1) is 5.69 Å². The van der Waals surface area contributed by atoms with Crippen molar-refractivity contribution in [1.82, 2.24) is 15.2 Å². The van der Waals surface area contributed by atoms with Gasteiger partial charge in [0, 0.05) is 30.9 Å². The third kappa shape index (κ3) is 2.43. The summed E-state index contributed by atoms with van der Waals surface area (Å²) in [6.45, 7) is 4.81. The molecule has 2 aliphatic rings. The highest BCUT2D eigenvalue weighted by molar-refractivity contribution is 5.09. The van der Waals surface area contributed by atoms with E-state index in [-0.39, 0.29) is 0 Å². The van der Waals surface area contributed by atoms with E-state index in [1.54, 1.807) is 0 Å². The average molecular weight is 245 g/mol. The first-order valence-electron chi connectivity index (χ1n) is 7.25. The van der Waals surface area contributed by atoms with Gasteiger partial charge in [-0.2, -0.15) is 0 Å². The molecule has 3 atom stereocenters. The van der Waals surface area contributed by atoms with E-state index in [0.717, 1.165) is 11.7 Å². The van der Waals surface area contributed by atoms with Crippen LogP contribution in [0.4, 0.5) is 0 Å². The zero-order valence-electron chi connectivity index (χ0n) is 11.2. The molecule has 1 N–H and O–H groups in total. The second-order valence-electron chi connectivity index (χ2n) is 5.64. The van der Waals surface area contributed by atoms with E-state index in [4.69, 9.17) is 0 Å². The molecule has 98 valence electrons. The molecule has 1 aromatic heterocycles. The van der Waals surface area contributed by atoms with Crippen molar-refractivity contribution in [3.63, 3.8) is 0 Å². The molecule has 3 unspecified atom stereocenters. The number of rotatable bonds is 3. The van der Waals surface area contributed by atoms with Gasteiger partial charge in [0.15, 0.2) is 0 Å². The predicted octanol–water partition coefficient (Wildman–Crippen LogP) is 2.36. The SMILES string of the molecule is CC(NC1CCN2CCCCC12)c1ccccn1. The van der Waals surface area contributed by atoms with E-state index in [1.807, 2.05) is 12.3 Å². The third-order valence-corrected chi connectivity index (χ3v) is 4.45. The second-order valence-corrected chi connectivity index (χ2v) is 5.64. The van der Waals surface area contributed by atoms with E-state index in [1.165, 1.54) is 38.8 Å². The molecule has 3 heterocycles.